The van der Waals surface area contributed by atoms with Crippen molar-refractivity contribution in [3.63, 3.8) is 0 Å². The molecule has 1 heteroatoms. The molecule has 1 nitrogen and oxygen atoms in total. The Morgan fingerprint density at radius 1 is 0.842 bits per heavy atom. The average Bonchev–Trinajstić information content (AvgIpc) is 2.47. The van der Waals surface area contributed by atoms with E-state index in [1.165, 1.54) is 0 Å². The molecule has 0 aromatic heterocycles. The minimum Gasteiger partial charge on any atom is -0.481 e. The van der Waals surface area contributed by atoms with Crippen LogP contribution in [0.25, 0.3) is 0 Å². The van der Waals surface area contributed by atoms with Gasteiger partial charge in [0, 0.05) is 11.1 Å². The van der Waals surface area contributed by atoms with Crippen molar-refractivity contribution in [3.8, 4) is 29.4 Å². The molecule has 19 heavy (non-hydrogen) atoms. The molecule has 0 bridgehead atoms. The molecular formula is C18H14O. The first-order valence-electron chi connectivity index (χ1n) is 6.08. The van der Waals surface area contributed by atoms with Crippen LogP contribution in [-0.4, -0.2) is 6.61 Å². The van der Waals surface area contributed by atoms with E-state index < -0.39 is 0 Å². The Hall–Kier alpha value is -2.64. The highest BCUT2D eigenvalue weighted by atomic mass is 16.5. The molecule has 0 aliphatic rings. The summed E-state index contributed by atoms with van der Waals surface area (Å²) >= 11 is 0. The van der Waals surface area contributed by atoms with Crippen molar-refractivity contribution in [2.45, 2.75) is 6.92 Å². The zero-order chi connectivity index (χ0) is 13.3. The molecule has 0 atom stereocenters. The Labute approximate surface area is 114 Å². The Morgan fingerprint density at radius 2 is 1.47 bits per heavy atom. The summed E-state index contributed by atoms with van der Waals surface area (Å²) in [6.07, 6.45) is 0. The number of rotatable bonds is 2. The van der Waals surface area contributed by atoms with Gasteiger partial charge < -0.3 is 4.74 Å². The highest BCUT2D eigenvalue weighted by Crippen LogP contribution is 2.08. The molecule has 0 spiro atoms. The second-order valence-corrected chi connectivity index (χ2v) is 3.82. The number of hydrogen-bond acceptors (Lipinski definition) is 1. The van der Waals surface area contributed by atoms with E-state index in [-0.39, 0.29) is 0 Å². The predicted octanol–water partition coefficient (Wildman–Crippen LogP) is 3.49. The molecule has 2 aromatic rings. The first-order valence-corrected chi connectivity index (χ1v) is 6.08. The van der Waals surface area contributed by atoms with Crippen molar-refractivity contribution < 1.29 is 4.74 Å². The van der Waals surface area contributed by atoms with Gasteiger partial charge in [-0.1, -0.05) is 48.1 Å². The molecule has 0 aliphatic heterocycles. The van der Waals surface area contributed by atoms with Crippen LogP contribution >= 0.6 is 0 Å². The van der Waals surface area contributed by atoms with Crippen molar-refractivity contribution in [2.75, 3.05) is 6.61 Å². The summed E-state index contributed by atoms with van der Waals surface area (Å²) in [5, 5.41) is 0. The molecule has 0 heterocycles. The molecule has 0 N–H and O–H groups in total. The van der Waals surface area contributed by atoms with E-state index in [9.17, 15) is 0 Å². The quantitative estimate of drug-likeness (QED) is 0.737. The molecule has 0 aliphatic carbocycles. The third kappa shape index (κ3) is 3.95. The lowest BCUT2D eigenvalue weighted by atomic mass is 10.1. The summed E-state index contributed by atoms with van der Waals surface area (Å²) in [6, 6.07) is 17.5. The van der Waals surface area contributed by atoms with Crippen molar-refractivity contribution in [1.82, 2.24) is 0 Å². The lowest BCUT2D eigenvalue weighted by Gasteiger charge is -2.00. The van der Waals surface area contributed by atoms with Crippen molar-refractivity contribution in [1.29, 1.82) is 0 Å². The molecule has 0 amide bonds. The van der Waals surface area contributed by atoms with Crippen LogP contribution in [0.15, 0.2) is 54.6 Å². The second-order valence-electron chi connectivity index (χ2n) is 3.82. The van der Waals surface area contributed by atoms with E-state index in [2.05, 4.69) is 23.7 Å². The van der Waals surface area contributed by atoms with Crippen LogP contribution in [0.1, 0.15) is 18.1 Å². The van der Waals surface area contributed by atoms with E-state index in [1.54, 1.807) is 0 Å². The van der Waals surface area contributed by atoms with Gasteiger partial charge in [0.2, 0.25) is 0 Å². The van der Waals surface area contributed by atoms with Gasteiger partial charge in [0.15, 0.2) is 0 Å². The van der Waals surface area contributed by atoms with E-state index in [4.69, 9.17) is 4.74 Å². The molecule has 0 radical (unpaired) electrons. The monoisotopic (exact) mass is 246 g/mol. The number of hydrogen-bond donors (Lipinski definition) is 0. The van der Waals surface area contributed by atoms with Crippen LogP contribution in [0.4, 0.5) is 0 Å². The van der Waals surface area contributed by atoms with Crippen LogP contribution in [-0.2, 0) is 0 Å². The summed E-state index contributed by atoms with van der Waals surface area (Å²) in [5.74, 6) is 12.9. The summed E-state index contributed by atoms with van der Waals surface area (Å²) in [7, 11) is 0. The van der Waals surface area contributed by atoms with E-state index in [0.29, 0.717) is 6.61 Å². The van der Waals surface area contributed by atoms with Gasteiger partial charge in [0.1, 0.15) is 12.4 Å². The normalized spacial score (nSPS) is 8.68. The first-order chi connectivity index (χ1) is 9.40. The number of para-hydroxylation sites is 1. The van der Waals surface area contributed by atoms with Gasteiger partial charge in [-0.15, -0.1) is 5.92 Å². The van der Waals surface area contributed by atoms with Crippen LogP contribution in [0.2, 0.25) is 0 Å². The molecule has 92 valence electrons. The average molecular weight is 246 g/mol. The fourth-order valence-corrected chi connectivity index (χ4v) is 1.60. The molecule has 0 fully saturated rings. The molecule has 0 saturated carbocycles. The molecule has 0 saturated heterocycles. The van der Waals surface area contributed by atoms with Crippen molar-refractivity contribution in [2.24, 2.45) is 0 Å². The van der Waals surface area contributed by atoms with Gasteiger partial charge in [-0.3, -0.25) is 0 Å². The fraction of sp³-hybridized carbons (Fsp3) is 0.111. The predicted molar refractivity (Wildman–Crippen MR) is 77.8 cm³/mol. The molecule has 2 rings (SSSR count). The Morgan fingerprint density at radius 3 is 2.16 bits per heavy atom. The minimum atomic E-state index is 0.373. The largest absolute Gasteiger partial charge is 0.481 e. The Balaban J connectivity index is 2.02. The Bertz CT molecular complexity index is 649. The van der Waals surface area contributed by atoms with Crippen LogP contribution in [0, 0.1) is 23.7 Å². The lowest BCUT2D eigenvalue weighted by Crippen LogP contribution is -1.93. The topological polar surface area (TPSA) is 9.23 Å². The van der Waals surface area contributed by atoms with Gasteiger partial charge in [-0.25, -0.2) is 0 Å². The van der Waals surface area contributed by atoms with E-state index >= 15 is 0 Å². The van der Waals surface area contributed by atoms with Crippen molar-refractivity contribution >= 4 is 0 Å². The number of ether oxygens (including phenoxy) is 1. The van der Waals surface area contributed by atoms with E-state index in [1.807, 2.05) is 61.5 Å². The third-order valence-electron chi connectivity index (χ3n) is 2.46. The summed E-state index contributed by atoms with van der Waals surface area (Å²) < 4.78 is 5.52. The van der Waals surface area contributed by atoms with Crippen LogP contribution < -0.4 is 4.74 Å². The van der Waals surface area contributed by atoms with Crippen LogP contribution in [0.3, 0.4) is 0 Å². The van der Waals surface area contributed by atoms with Crippen LogP contribution in [0.5, 0.6) is 5.75 Å². The maximum Gasteiger partial charge on any atom is 0.149 e. The highest BCUT2D eigenvalue weighted by Gasteiger charge is 1.93. The smallest absolute Gasteiger partial charge is 0.149 e. The molecular weight excluding hydrogens is 232 g/mol. The zero-order valence-electron chi connectivity index (χ0n) is 10.8. The highest BCUT2D eigenvalue weighted by molar-refractivity contribution is 5.49. The van der Waals surface area contributed by atoms with Gasteiger partial charge in [-0.2, -0.15) is 0 Å². The standard InChI is InChI=1S/C18H14O/c1-2-9-16-10-6-7-11-17(16)12-8-15-19-18-13-4-3-5-14-18/h3-7,10-11,13-14H,15H2,1H3. The second kappa shape index (κ2) is 6.94. The third-order valence-corrected chi connectivity index (χ3v) is 2.46. The fourth-order valence-electron chi connectivity index (χ4n) is 1.60. The first kappa shape index (κ1) is 12.8. The van der Waals surface area contributed by atoms with Gasteiger partial charge in [0.25, 0.3) is 0 Å². The summed E-state index contributed by atoms with van der Waals surface area (Å²) in [5.41, 5.74) is 1.89. The minimum absolute atomic E-state index is 0.373. The van der Waals surface area contributed by atoms with E-state index in [0.717, 1.165) is 16.9 Å². The molecule has 0 unspecified atom stereocenters. The summed E-state index contributed by atoms with van der Waals surface area (Å²) in [4.78, 5) is 0. The van der Waals surface area contributed by atoms with Crippen molar-refractivity contribution in [3.05, 3.63) is 65.7 Å². The zero-order valence-corrected chi connectivity index (χ0v) is 10.8. The number of benzene rings is 2. The van der Waals surface area contributed by atoms with Gasteiger partial charge in [0.05, 0.1) is 0 Å². The summed E-state index contributed by atoms with van der Waals surface area (Å²) in [6.45, 7) is 2.20. The molecule has 2 aromatic carbocycles. The SMILES string of the molecule is CC#Cc1ccccc1C#CCOc1ccccc1. The van der Waals surface area contributed by atoms with Gasteiger partial charge >= 0.3 is 0 Å². The maximum absolute atomic E-state index is 5.52. The van der Waals surface area contributed by atoms with Gasteiger partial charge in [-0.05, 0) is 31.2 Å². The lowest BCUT2D eigenvalue weighted by molar-refractivity contribution is 0.370. The maximum atomic E-state index is 5.52. The Kier molecular flexibility index (Phi) is 4.68.